The smallest absolute Gasteiger partial charge is 0.488 e. The lowest BCUT2D eigenvalue weighted by molar-refractivity contribution is -0.384. The SMILES string of the molecule is CC[C@H]1O[C@@H](n2cc(C)c(=O)[nH]c2=O)CC1OP(=O)(OC[C@H]1O[C@@H](n2cc(C)c(=O)[nH]c2=O)CC1OC)Sc1ccc([N+](=O)[O-])cc1.CC[C@H]1O[C@@H](n2cc(C)c(=O)[nH]c2=O)CC1O[P+](=O)[O-].COC1C[C@H](n2cc(C)c(=O)[nH]c2=O)O[C@@H]1CO. The number of aromatic nitrogens is 8. The molecular weight excluding hydrogens is 1190 g/mol. The molecule has 9 rings (SSSR count). The van der Waals surface area contributed by atoms with E-state index >= 15 is 0 Å². The van der Waals surface area contributed by atoms with Crippen molar-refractivity contribution < 1.29 is 66.0 Å². The van der Waals surface area contributed by atoms with E-state index in [1.165, 1.54) is 81.5 Å². The molecule has 0 radical (unpaired) electrons. The zero-order valence-electron chi connectivity index (χ0n) is 47.2. The molecule has 5 N–H and O–H groups in total. The molecule has 4 saturated heterocycles. The molecule has 4 aromatic heterocycles. The normalized spacial score (nSPS) is 26.3. The summed E-state index contributed by atoms with van der Waals surface area (Å²) in [6.07, 6.45) is 0.197. The van der Waals surface area contributed by atoms with Gasteiger partial charge in [-0.25, -0.2) is 23.7 Å². The molecule has 5 aromatic rings. The van der Waals surface area contributed by atoms with Gasteiger partial charge in [-0.15, -0.1) is 4.52 Å². The number of H-pyrrole nitrogens is 4. The highest BCUT2D eigenvalue weighted by Gasteiger charge is 2.45. The van der Waals surface area contributed by atoms with E-state index in [0.717, 1.165) is 11.4 Å². The Morgan fingerprint density at radius 1 is 0.612 bits per heavy atom. The lowest BCUT2D eigenvalue weighted by Crippen LogP contribution is -2.33. The molecule has 0 aliphatic carbocycles. The average molecular weight is 1250 g/mol. The number of nitro benzene ring substituents is 1. The molecule has 4 aliphatic heterocycles. The van der Waals surface area contributed by atoms with E-state index in [2.05, 4.69) is 19.9 Å². The van der Waals surface area contributed by atoms with Crippen molar-refractivity contribution in [2.75, 3.05) is 27.4 Å². The van der Waals surface area contributed by atoms with E-state index < -0.39 is 133 Å². The molecule has 464 valence electrons. The minimum Gasteiger partial charge on any atom is -0.566 e. The Morgan fingerprint density at radius 2 is 0.965 bits per heavy atom. The largest absolute Gasteiger partial charge is 0.566 e. The Balaban J connectivity index is 0.000000222. The van der Waals surface area contributed by atoms with Crippen molar-refractivity contribution >= 4 is 32.1 Å². The first kappa shape index (κ1) is 66.1. The van der Waals surface area contributed by atoms with Crippen molar-refractivity contribution in [3.8, 4) is 0 Å². The molecule has 35 heteroatoms. The van der Waals surface area contributed by atoms with Crippen LogP contribution in [-0.2, 0) is 51.1 Å². The predicted molar refractivity (Wildman–Crippen MR) is 297 cm³/mol. The van der Waals surface area contributed by atoms with E-state index in [1.807, 2.05) is 13.8 Å². The number of rotatable bonds is 19. The number of aromatic amines is 4. The monoisotopic (exact) mass is 1250 g/mol. The van der Waals surface area contributed by atoms with Crippen LogP contribution < -0.4 is 49.9 Å². The zero-order chi connectivity index (χ0) is 62.2. The number of aliphatic hydroxyl groups excluding tert-OH is 1. The van der Waals surface area contributed by atoms with Gasteiger partial charge in [0.15, 0.2) is 0 Å². The van der Waals surface area contributed by atoms with Gasteiger partial charge in [0.1, 0.15) is 43.2 Å². The first-order chi connectivity index (χ1) is 40.3. The third-order valence-corrected chi connectivity index (χ3v) is 18.3. The second-order valence-electron chi connectivity index (χ2n) is 20.0. The van der Waals surface area contributed by atoms with Crippen LogP contribution in [0.4, 0.5) is 5.69 Å². The highest BCUT2D eigenvalue weighted by atomic mass is 32.7. The Kier molecular flexibility index (Phi) is 22.4. The third-order valence-electron chi connectivity index (χ3n) is 14.3. The molecule has 0 saturated carbocycles. The lowest BCUT2D eigenvalue weighted by atomic mass is 10.1. The summed E-state index contributed by atoms with van der Waals surface area (Å²) in [5.74, 6) is 0. The summed E-state index contributed by atoms with van der Waals surface area (Å²) in [6, 6.07) is 5.36. The van der Waals surface area contributed by atoms with Crippen LogP contribution in [0.1, 0.15) is 99.5 Å². The van der Waals surface area contributed by atoms with Crippen molar-refractivity contribution in [1.82, 2.24) is 38.2 Å². The third kappa shape index (κ3) is 16.2. The van der Waals surface area contributed by atoms with Gasteiger partial charge in [0.25, 0.3) is 27.9 Å². The van der Waals surface area contributed by atoms with Crippen molar-refractivity contribution in [2.45, 2.75) is 159 Å². The number of benzene rings is 1. The van der Waals surface area contributed by atoms with Crippen LogP contribution in [0, 0.1) is 37.8 Å². The van der Waals surface area contributed by atoms with Gasteiger partial charge in [0.2, 0.25) is 0 Å². The second kappa shape index (κ2) is 28.8. The molecule has 85 heavy (non-hydrogen) atoms. The Morgan fingerprint density at radius 3 is 1.32 bits per heavy atom. The molecule has 0 spiro atoms. The highest BCUT2D eigenvalue weighted by molar-refractivity contribution is 8.55. The molecular formula is C50H65N9O23P2S. The maximum Gasteiger partial charge on any atom is 0.488 e. The lowest BCUT2D eigenvalue weighted by Gasteiger charge is -2.26. The molecule has 14 atom stereocenters. The van der Waals surface area contributed by atoms with Gasteiger partial charge in [-0.3, -0.25) is 76.5 Å². The van der Waals surface area contributed by atoms with Crippen LogP contribution in [0.25, 0.3) is 0 Å². The fourth-order valence-electron chi connectivity index (χ4n) is 9.72. The van der Waals surface area contributed by atoms with Crippen LogP contribution in [0.2, 0.25) is 0 Å². The van der Waals surface area contributed by atoms with E-state index in [1.54, 1.807) is 27.7 Å². The number of nitrogens with one attached hydrogen (secondary N) is 4. The topological polar surface area (TPSA) is 423 Å². The van der Waals surface area contributed by atoms with E-state index in [9.17, 15) is 62.5 Å². The Hall–Kier alpha value is -6.42. The number of methoxy groups -OCH3 is 2. The van der Waals surface area contributed by atoms with E-state index in [4.69, 9.17) is 47.1 Å². The molecule has 1 aromatic carbocycles. The molecule has 32 nitrogen and oxygen atoms in total. The number of hydrogen-bond acceptors (Lipinski definition) is 24. The van der Waals surface area contributed by atoms with Gasteiger partial charge in [-0.05, 0) is 68.6 Å². The number of nitro groups is 1. The second-order valence-corrected chi connectivity index (χ2v) is 24.6. The van der Waals surface area contributed by atoms with Gasteiger partial charge >= 0.3 is 37.8 Å². The van der Waals surface area contributed by atoms with Gasteiger partial charge in [0.05, 0.1) is 48.7 Å². The minimum absolute atomic E-state index is 0.0925. The molecule has 8 heterocycles. The molecule has 6 unspecified atom stereocenters. The van der Waals surface area contributed by atoms with Crippen LogP contribution >= 0.6 is 26.4 Å². The maximum absolute atomic E-state index is 14.5. The number of non-ortho nitro benzene ring substituents is 1. The van der Waals surface area contributed by atoms with Gasteiger partial charge in [-0.2, -0.15) is 0 Å². The minimum atomic E-state index is -4.16. The molecule has 4 fully saturated rings. The van der Waals surface area contributed by atoms with Crippen LogP contribution in [0.15, 0.2) is 92.3 Å². The van der Waals surface area contributed by atoms with Crippen molar-refractivity contribution in [3.05, 3.63) is 165 Å². The van der Waals surface area contributed by atoms with E-state index in [0.29, 0.717) is 46.4 Å². The van der Waals surface area contributed by atoms with Crippen molar-refractivity contribution in [3.63, 3.8) is 0 Å². The van der Waals surface area contributed by atoms with Crippen LogP contribution in [-0.4, -0.2) is 124 Å². The fourth-order valence-corrected chi connectivity index (χ4v) is 13.7. The first-order valence-electron chi connectivity index (χ1n) is 26.5. The summed E-state index contributed by atoms with van der Waals surface area (Å²) in [7, 11) is 0.00443. The van der Waals surface area contributed by atoms with Gasteiger partial charge in [0, 0.05) is 104 Å². The number of aryl methyl sites for hydroxylation is 4. The highest BCUT2D eigenvalue weighted by Crippen LogP contribution is 2.66. The van der Waals surface area contributed by atoms with Gasteiger partial charge in [-0.1, -0.05) is 13.8 Å². The fraction of sp³-hybridized carbons (Fsp3) is 0.560. The quantitative estimate of drug-likeness (QED) is 0.0448. The maximum atomic E-state index is 14.5. The number of nitrogens with zero attached hydrogens (tertiary/aromatic N) is 5. The summed E-state index contributed by atoms with van der Waals surface area (Å²) in [6.45, 7) is 5.32. The first-order valence-corrected chi connectivity index (χ1v) is 30.6. The summed E-state index contributed by atoms with van der Waals surface area (Å²) < 4.78 is 81.3. The van der Waals surface area contributed by atoms with Crippen molar-refractivity contribution in [1.29, 1.82) is 0 Å². The molecule has 4 aliphatic rings. The number of hydrogen-bond donors (Lipinski definition) is 5. The predicted octanol–water partition coefficient (Wildman–Crippen LogP) is 2.00. The molecule has 0 bridgehead atoms. The number of ether oxygens (including phenoxy) is 6. The summed E-state index contributed by atoms with van der Waals surface area (Å²) in [4.78, 5) is 125. The molecule has 0 amide bonds. The summed E-state index contributed by atoms with van der Waals surface area (Å²) in [5, 5.41) is 20.3. The number of aliphatic hydroxyl groups is 1. The van der Waals surface area contributed by atoms with Crippen molar-refractivity contribution in [2.24, 2.45) is 0 Å². The van der Waals surface area contributed by atoms with Crippen LogP contribution in [0.3, 0.4) is 0 Å². The Bertz CT molecular complexity index is 3740. The summed E-state index contributed by atoms with van der Waals surface area (Å²) in [5.41, 5.74) is -3.09. The zero-order valence-corrected chi connectivity index (χ0v) is 49.8. The Labute approximate surface area is 485 Å². The average Bonchev–Trinajstić information content (AvgIpc) is 3.26. The van der Waals surface area contributed by atoms with Gasteiger partial charge < -0.3 is 38.4 Å². The van der Waals surface area contributed by atoms with Crippen LogP contribution in [0.5, 0.6) is 0 Å². The standard InChI is InChI=1S/C28H34N5O12PS.C11H15N2O6P.C11H16N2O5/c1-5-19-21(11-24(43-19)32-13-16(3)26(35)30-28(32)37)45-46(40,47-18-8-6-17(7-9-18)33(38)39)42-14-22-20(41-4)10-23(44-22)31-12-15(2)25(34)29-27(31)36;1-3-7-8(19-20(16)17)4-9(18-7)13-5-6(2)10(14)12-11(13)15;1-6-4-13(11(16)12-10(6)15)9-3-7(17-2)8(5-14)18-9/h6-9,12-13,19-24H,5,10-11,14H2,1-4H3,(H,29,34,36)(H,30,35,37);5,7-9H,3-4H2,1-2H3,(H,12,14,15);4,7-9,14H,3,5H2,1-2H3,(H,12,15,16)/t19-,20?,21?,22-,23-,24-,46?;7-,8?,9-;7?,8-,9-/m111/s1. The summed E-state index contributed by atoms with van der Waals surface area (Å²) >= 11 is 0.736. The van der Waals surface area contributed by atoms with E-state index in [-0.39, 0.29) is 44.3 Å².